The summed E-state index contributed by atoms with van der Waals surface area (Å²) in [5.74, 6) is 1.69. The molecule has 1 aromatic heterocycles. The van der Waals surface area contributed by atoms with E-state index in [2.05, 4.69) is 22.8 Å². The van der Waals surface area contributed by atoms with E-state index >= 15 is 0 Å². The third-order valence-corrected chi connectivity index (χ3v) is 4.33. The highest BCUT2D eigenvalue weighted by Gasteiger charge is 2.13. The fraction of sp³-hybridized carbons (Fsp3) is 0.583. The molecular weight excluding hydrogens is 204 g/mol. The number of nitrogens with zero attached hydrogens (tertiary/aromatic N) is 1. The Balaban J connectivity index is 1.79. The van der Waals surface area contributed by atoms with Gasteiger partial charge < -0.3 is 5.73 Å². The van der Waals surface area contributed by atoms with E-state index in [1.807, 2.05) is 12.3 Å². The predicted molar refractivity (Wildman–Crippen MR) is 66.8 cm³/mol. The predicted octanol–water partition coefficient (Wildman–Crippen LogP) is 3.23. The summed E-state index contributed by atoms with van der Waals surface area (Å²) >= 11 is 2.08. The number of rotatable bonds is 3. The second kappa shape index (κ2) is 5.40. The first-order valence-electron chi connectivity index (χ1n) is 5.66. The van der Waals surface area contributed by atoms with Crippen molar-refractivity contribution < 1.29 is 0 Å². The topological polar surface area (TPSA) is 38.9 Å². The molecule has 0 spiro atoms. The van der Waals surface area contributed by atoms with Crippen LogP contribution in [-0.4, -0.2) is 10.2 Å². The molecule has 0 amide bonds. The number of nitrogens with two attached hydrogens (primary N) is 1. The number of anilines is 1. The highest BCUT2D eigenvalue weighted by Crippen LogP contribution is 2.30. The van der Waals surface area contributed by atoms with Crippen LogP contribution >= 0.6 is 11.8 Å². The number of aromatic nitrogens is 1. The Morgan fingerprint density at radius 3 is 2.73 bits per heavy atom. The van der Waals surface area contributed by atoms with E-state index in [0.29, 0.717) is 5.82 Å². The molecule has 2 N–H and O–H groups in total. The van der Waals surface area contributed by atoms with Gasteiger partial charge in [0.25, 0.3) is 0 Å². The molecule has 0 saturated heterocycles. The van der Waals surface area contributed by atoms with E-state index in [1.54, 1.807) is 0 Å². The van der Waals surface area contributed by atoms with Crippen LogP contribution in [-0.2, 0) is 5.75 Å². The van der Waals surface area contributed by atoms with Gasteiger partial charge in [-0.1, -0.05) is 25.3 Å². The standard InChI is InChI=1S/C12H18N2S/c13-12-7-6-10(8-14-12)9-15-11-4-2-1-3-5-11/h6-8,11H,1-5,9H2,(H2,13,14). The van der Waals surface area contributed by atoms with Gasteiger partial charge in [-0.15, -0.1) is 0 Å². The molecule has 15 heavy (non-hydrogen) atoms. The molecule has 2 nitrogen and oxygen atoms in total. The number of pyridine rings is 1. The molecule has 0 unspecified atom stereocenters. The van der Waals surface area contributed by atoms with Gasteiger partial charge in [-0.3, -0.25) is 0 Å². The Morgan fingerprint density at radius 1 is 1.27 bits per heavy atom. The number of thioether (sulfide) groups is 1. The molecule has 0 aliphatic heterocycles. The van der Waals surface area contributed by atoms with Gasteiger partial charge >= 0.3 is 0 Å². The highest BCUT2D eigenvalue weighted by molar-refractivity contribution is 7.99. The van der Waals surface area contributed by atoms with Crippen molar-refractivity contribution in [2.24, 2.45) is 0 Å². The fourth-order valence-electron chi connectivity index (χ4n) is 1.97. The molecule has 1 heterocycles. The highest BCUT2D eigenvalue weighted by atomic mass is 32.2. The Bertz CT molecular complexity index is 291. The van der Waals surface area contributed by atoms with Gasteiger partial charge in [0.05, 0.1) is 0 Å². The van der Waals surface area contributed by atoms with Crippen molar-refractivity contribution in [2.45, 2.75) is 43.1 Å². The summed E-state index contributed by atoms with van der Waals surface area (Å²) < 4.78 is 0. The summed E-state index contributed by atoms with van der Waals surface area (Å²) in [4.78, 5) is 4.11. The summed E-state index contributed by atoms with van der Waals surface area (Å²) in [5.41, 5.74) is 6.84. The number of hydrogen-bond donors (Lipinski definition) is 1. The number of hydrogen-bond acceptors (Lipinski definition) is 3. The quantitative estimate of drug-likeness (QED) is 0.853. The smallest absolute Gasteiger partial charge is 0.123 e. The van der Waals surface area contributed by atoms with E-state index in [0.717, 1.165) is 11.0 Å². The van der Waals surface area contributed by atoms with Crippen molar-refractivity contribution >= 4 is 17.6 Å². The molecule has 0 aromatic carbocycles. The van der Waals surface area contributed by atoms with Gasteiger partial charge in [0.15, 0.2) is 0 Å². The molecule has 1 aromatic rings. The van der Waals surface area contributed by atoms with Crippen LogP contribution in [0.25, 0.3) is 0 Å². The van der Waals surface area contributed by atoms with Crippen LogP contribution in [0.15, 0.2) is 18.3 Å². The lowest BCUT2D eigenvalue weighted by molar-refractivity contribution is 0.516. The van der Waals surface area contributed by atoms with Crippen LogP contribution in [0.2, 0.25) is 0 Å². The molecule has 1 aliphatic carbocycles. The van der Waals surface area contributed by atoms with Crippen LogP contribution in [0.3, 0.4) is 0 Å². The van der Waals surface area contributed by atoms with Crippen molar-refractivity contribution in [2.75, 3.05) is 5.73 Å². The van der Waals surface area contributed by atoms with Crippen LogP contribution in [0.4, 0.5) is 5.82 Å². The minimum atomic E-state index is 0.612. The van der Waals surface area contributed by atoms with E-state index < -0.39 is 0 Å². The second-order valence-electron chi connectivity index (χ2n) is 4.16. The third-order valence-electron chi connectivity index (χ3n) is 2.89. The third kappa shape index (κ3) is 3.42. The molecule has 0 radical (unpaired) electrons. The molecule has 82 valence electrons. The van der Waals surface area contributed by atoms with Crippen LogP contribution < -0.4 is 5.73 Å². The maximum absolute atomic E-state index is 5.55. The molecule has 3 heteroatoms. The largest absolute Gasteiger partial charge is 0.384 e. The zero-order valence-electron chi connectivity index (χ0n) is 8.98. The zero-order chi connectivity index (χ0) is 10.5. The van der Waals surface area contributed by atoms with Crippen molar-refractivity contribution in [1.82, 2.24) is 4.98 Å². The lowest BCUT2D eigenvalue weighted by Gasteiger charge is -2.20. The summed E-state index contributed by atoms with van der Waals surface area (Å²) in [5, 5.41) is 0.872. The van der Waals surface area contributed by atoms with Crippen LogP contribution in [0.1, 0.15) is 37.7 Å². The molecule has 1 aliphatic rings. The molecule has 1 fully saturated rings. The van der Waals surface area contributed by atoms with E-state index in [-0.39, 0.29) is 0 Å². The van der Waals surface area contributed by atoms with Gasteiger partial charge in [-0.25, -0.2) is 4.98 Å². The number of nitrogen functional groups attached to an aromatic ring is 1. The second-order valence-corrected chi connectivity index (χ2v) is 5.45. The molecular formula is C12H18N2S. The Hall–Kier alpha value is -0.700. The van der Waals surface area contributed by atoms with Gasteiger partial charge in [-0.05, 0) is 24.5 Å². The van der Waals surface area contributed by atoms with Gasteiger partial charge in [-0.2, -0.15) is 11.8 Å². The van der Waals surface area contributed by atoms with Crippen molar-refractivity contribution in [3.63, 3.8) is 0 Å². The Labute approximate surface area is 95.7 Å². The minimum absolute atomic E-state index is 0.612. The normalized spacial score (nSPS) is 17.9. The monoisotopic (exact) mass is 222 g/mol. The average Bonchev–Trinajstić information content (AvgIpc) is 2.30. The zero-order valence-corrected chi connectivity index (χ0v) is 9.80. The van der Waals surface area contributed by atoms with Crippen molar-refractivity contribution in [3.8, 4) is 0 Å². The van der Waals surface area contributed by atoms with Crippen molar-refractivity contribution in [1.29, 1.82) is 0 Å². The maximum atomic E-state index is 5.55. The first kappa shape index (κ1) is 10.8. The van der Waals surface area contributed by atoms with Gasteiger partial charge in [0.2, 0.25) is 0 Å². The molecule has 0 atom stereocenters. The Morgan fingerprint density at radius 2 is 2.07 bits per heavy atom. The van der Waals surface area contributed by atoms with E-state index in [9.17, 15) is 0 Å². The first-order valence-corrected chi connectivity index (χ1v) is 6.71. The minimum Gasteiger partial charge on any atom is -0.384 e. The van der Waals surface area contributed by atoms with Crippen LogP contribution in [0.5, 0.6) is 0 Å². The summed E-state index contributed by atoms with van der Waals surface area (Å²) in [6, 6.07) is 3.97. The summed E-state index contributed by atoms with van der Waals surface area (Å²) in [7, 11) is 0. The van der Waals surface area contributed by atoms with Gasteiger partial charge in [0.1, 0.15) is 5.82 Å². The van der Waals surface area contributed by atoms with E-state index in [4.69, 9.17) is 5.73 Å². The fourth-order valence-corrected chi connectivity index (χ4v) is 3.23. The molecule has 1 saturated carbocycles. The first-order chi connectivity index (χ1) is 7.34. The molecule has 0 bridgehead atoms. The maximum Gasteiger partial charge on any atom is 0.123 e. The van der Waals surface area contributed by atoms with Crippen LogP contribution in [0, 0.1) is 0 Å². The lowest BCUT2D eigenvalue weighted by atomic mass is 10.0. The molecule has 2 rings (SSSR count). The lowest BCUT2D eigenvalue weighted by Crippen LogP contribution is -2.08. The average molecular weight is 222 g/mol. The summed E-state index contributed by atoms with van der Waals surface area (Å²) in [6.45, 7) is 0. The Kier molecular flexibility index (Phi) is 3.89. The van der Waals surface area contributed by atoms with E-state index in [1.165, 1.54) is 37.7 Å². The summed E-state index contributed by atoms with van der Waals surface area (Å²) in [6.07, 6.45) is 8.95. The van der Waals surface area contributed by atoms with Crippen molar-refractivity contribution in [3.05, 3.63) is 23.9 Å². The SMILES string of the molecule is Nc1ccc(CSC2CCCCC2)cn1. The van der Waals surface area contributed by atoms with Gasteiger partial charge in [0, 0.05) is 17.2 Å².